The summed E-state index contributed by atoms with van der Waals surface area (Å²) in [5.74, 6) is -0.146. The van der Waals surface area contributed by atoms with E-state index in [4.69, 9.17) is 40.0 Å². The number of fused-ring (bicyclic) bond motifs is 4. The number of halogens is 1. The van der Waals surface area contributed by atoms with Crippen molar-refractivity contribution in [1.29, 1.82) is 0 Å². The number of thiophene rings is 1. The Labute approximate surface area is 465 Å². The van der Waals surface area contributed by atoms with Gasteiger partial charge in [0.05, 0.1) is 86.3 Å². The van der Waals surface area contributed by atoms with Gasteiger partial charge in [0.15, 0.2) is 5.82 Å². The number of esters is 2. The van der Waals surface area contributed by atoms with E-state index in [2.05, 4.69) is 49.7 Å². The zero-order valence-corrected chi connectivity index (χ0v) is 47.4. The average molecular weight is 1130 g/mol. The summed E-state index contributed by atoms with van der Waals surface area (Å²) in [4.78, 5) is 53.4. The molecule has 78 heavy (non-hydrogen) atoms. The first kappa shape index (κ1) is 58.2. The van der Waals surface area contributed by atoms with E-state index in [1.54, 1.807) is 74.3 Å². The number of rotatable bonds is 24. The molecule has 8 rings (SSSR count). The van der Waals surface area contributed by atoms with E-state index in [1.807, 2.05) is 47.6 Å². The summed E-state index contributed by atoms with van der Waals surface area (Å²) in [7, 11) is 0.0479. The molecule has 2 aliphatic heterocycles. The fraction of sp³-hybridized carbons (Fsp3) is 0.473. The molecule has 0 aliphatic carbocycles. The Balaban J connectivity index is 0.764. The minimum absolute atomic E-state index is 0.0788. The molecule has 0 radical (unpaired) electrons. The Bertz CT molecular complexity index is 3090. The van der Waals surface area contributed by atoms with E-state index in [-0.39, 0.29) is 50.0 Å². The van der Waals surface area contributed by atoms with Crippen LogP contribution < -0.4 is 16.0 Å². The summed E-state index contributed by atoms with van der Waals surface area (Å²) in [6, 6.07) is 16.0. The number of methoxy groups -OCH3 is 1. The molecule has 23 heteroatoms. The minimum atomic E-state index is -1.63. The molecule has 418 valence electrons. The highest BCUT2D eigenvalue weighted by Gasteiger charge is 2.36. The molecule has 6 aromatic rings. The maximum atomic E-state index is 14.4. The number of nitrogens with zero attached hydrogens (tertiary/aromatic N) is 6. The van der Waals surface area contributed by atoms with Crippen molar-refractivity contribution in [2.24, 2.45) is 5.41 Å². The molecule has 3 N–H and O–H groups in total. The van der Waals surface area contributed by atoms with Gasteiger partial charge in [0.2, 0.25) is 12.7 Å². The molecule has 2 unspecified atom stereocenters. The second kappa shape index (κ2) is 26.8. The van der Waals surface area contributed by atoms with Crippen LogP contribution in [-0.2, 0) is 60.2 Å². The maximum Gasteiger partial charge on any atom is 0.314 e. The van der Waals surface area contributed by atoms with E-state index in [9.17, 15) is 23.4 Å². The zero-order chi connectivity index (χ0) is 55.5. The predicted octanol–water partition coefficient (Wildman–Crippen LogP) is 6.71. The molecule has 1 fully saturated rings. The van der Waals surface area contributed by atoms with Crippen LogP contribution >= 0.6 is 22.9 Å². The van der Waals surface area contributed by atoms with Crippen LogP contribution in [0.15, 0.2) is 71.9 Å². The number of hydrogen-bond acceptors (Lipinski definition) is 16. The predicted molar refractivity (Wildman–Crippen MR) is 294 cm³/mol. The number of carbonyl (C=O) groups excluding carboxylic acids is 4. The number of benzene rings is 2. The molecular weight excluding hydrogens is 1060 g/mol. The van der Waals surface area contributed by atoms with Crippen LogP contribution in [0.2, 0.25) is 5.02 Å². The van der Waals surface area contributed by atoms with Crippen molar-refractivity contribution in [3.63, 3.8) is 0 Å². The maximum absolute atomic E-state index is 14.4. The van der Waals surface area contributed by atoms with E-state index in [0.717, 1.165) is 22.0 Å². The number of aryl methyl sites for hydroxylation is 2. The highest BCUT2D eigenvalue weighted by atomic mass is 35.5. The number of amides is 2. The summed E-state index contributed by atoms with van der Waals surface area (Å²) in [6.45, 7) is 14.3. The van der Waals surface area contributed by atoms with Gasteiger partial charge in [0.1, 0.15) is 21.8 Å². The molecule has 0 saturated carbocycles. The van der Waals surface area contributed by atoms with Crippen LogP contribution in [0, 0.1) is 26.2 Å². The number of aromatic nitrogens is 5. The third-order valence-corrected chi connectivity index (χ3v) is 16.5. The highest BCUT2D eigenvalue weighted by molar-refractivity contribution is 7.82. The van der Waals surface area contributed by atoms with E-state index < -0.39 is 41.2 Å². The molecule has 2 aromatic carbocycles. The van der Waals surface area contributed by atoms with Gasteiger partial charge in [0, 0.05) is 72.5 Å². The van der Waals surface area contributed by atoms with Crippen LogP contribution in [0.25, 0.3) is 21.6 Å². The fourth-order valence-electron chi connectivity index (χ4n) is 9.14. The lowest BCUT2D eigenvalue weighted by molar-refractivity contribution is -0.172. The van der Waals surface area contributed by atoms with Crippen molar-refractivity contribution in [2.45, 2.75) is 90.3 Å². The summed E-state index contributed by atoms with van der Waals surface area (Å²) < 4.78 is 52.9. The van der Waals surface area contributed by atoms with Crippen LogP contribution in [0.5, 0.6) is 0 Å². The first-order chi connectivity index (χ1) is 37.5. The molecule has 1 saturated heterocycles. The normalized spacial score (nSPS) is 16.3. The lowest BCUT2D eigenvalue weighted by Crippen LogP contribution is -2.38. The number of nitrogens with one attached hydrogen (secondary N) is 3. The molecule has 4 aromatic heterocycles. The van der Waals surface area contributed by atoms with Crippen molar-refractivity contribution in [3.8, 4) is 16.1 Å². The third kappa shape index (κ3) is 14.4. The van der Waals surface area contributed by atoms with Gasteiger partial charge >= 0.3 is 11.9 Å². The van der Waals surface area contributed by atoms with Gasteiger partial charge in [-0.2, -0.15) is 5.10 Å². The van der Waals surface area contributed by atoms with Crippen molar-refractivity contribution in [1.82, 2.24) is 44.6 Å². The third-order valence-electron chi connectivity index (χ3n) is 13.5. The van der Waals surface area contributed by atoms with Gasteiger partial charge in [-0.1, -0.05) is 29.8 Å². The van der Waals surface area contributed by atoms with Crippen molar-refractivity contribution < 1.29 is 51.8 Å². The van der Waals surface area contributed by atoms with Gasteiger partial charge in [-0.3, -0.25) is 29.1 Å². The average Bonchev–Trinajstić information content (AvgIpc) is 4.16. The minimum Gasteiger partial charge on any atom is -0.428 e. The molecule has 2 amide bonds. The van der Waals surface area contributed by atoms with Gasteiger partial charge in [0.25, 0.3) is 5.91 Å². The quantitative estimate of drug-likeness (QED) is 0.0325. The Kier molecular flexibility index (Phi) is 20.0. The van der Waals surface area contributed by atoms with E-state index in [0.29, 0.717) is 109 Å². The number of hydrogen-bond donors (Lipinski definition) is 3. The van der Waals surface area contributed by atoms with E-state index in [1.165, 1.54) is 10.4 Å². The number of carbonyl (C=O) groups is 4. The van der Waals surface area contributed by atoms with Crippen molar-refractivity contribution >= 4 is 63.2 Å². The molecule has 3 atom stereocenters. The fourth-order valence-corrected chi connectivity index (χ4v) is 11.9. The Morgan fingerprint density at radius 3 is 2.26 bits per heavy atom. The van der Waals surface area contributed by atoms with Crippen LogP contribution in [0.1, 0.15) is 101 Å². The molecular formula is C55H68ClN9O11S2. The summed E-state index contributed by atoms with van der Waals surface area (Å²) >= 11 is 7.96. The highest BCUT2D eigenvalue weighted by Crippen LogP contribution is 2.43. The standard InChI is InChI=1S/C55H68ClN9O11S2/c1-34-35(2)77-53-49(34)50(37-8-11-41(56)12-9-37)60-44(51-62-61-36(3)65(51)53)31-47(66)57-17-22-72-24-26-74-27-25-73-23-18-58-52(68)39-10-13-43(46(29-39)78(70)63-19-15-42(71-7)16-20-63)38-14-21-64-45(28-38)40(32-59-64)30-48(67)75-33-76-54(69)55(4,5)6/h8-14,21,28-29,32,42,44,50,60H,15-20,22-27,30-31,33H2,1-7H3,(H,57,66)(H,58,68)/t44-,50?,78?/m0/s1. The van der Waals surface area contributed by atoms with Crippen LogP contribution in [0.4, 0.5) is 0 Å². The lowest BCUT2D eigenvalue weighted by Gasteiger charge is -2.30. The number of pyridine rings is 1. The topological polar surface area (TPSA) is 228 Å². The van der Waals surface area contributed by atoms with Gasteiger partial charge in [-0.15, -0.1) is 21.5 Å². The monoisotopic (exact) mass is 1130 g/mol. The van der Waals surface area contributed by atoms with Gasteiger partial charge in [-0.25, -0.2) is 13.0 Å². The molecule has 6 heterocycles. The first-order valence-electron chi connectivity index (χ1n) is 26.0. The molecule has 0 bridgehead atoms. The van der Waals surface area contributed by atoms with Crippen molar-refractivity contribution in [3.05, 3.63) is 116 Å². The smallest absolute Gasteiger partial charge is 0.314 e. The molecule has 2 aliphatic rings. The van der Waals surface area contributed by atoms with E-state index >= 15 is 0 Å². The molecule has 20 nitrogen and oxygen atoms in total. The lowest BCUT2D eigenvalue weighted by atomic mass is 9.96. The zero-order valence-electron chi connectivity index (χ0n) is 45.1. The molecule has 0 spiro atoms. The van der Waals surface area contributed by atoms with Crippen molar-refractivity contribution in [2.75, 3.05) is 79.7 Å². The largest absolute Gasteiger partial charge is 0.428 e. The second-order valence-corrected chi connectivity index (χ2v) is 23.1. The van der Waals surface area contributed by atoms with Crippen LogP contribution in [0.3, 0.4) is 0 Å². The first-order valence-corrected chi connectivity index (χ1v) is 28.3. The summed E-state index contributed by atoms with van der Waals surface area (Å²) in [6.07, 6.45) is 4.85. The second-order valence-electron chi connectivity index (χ2n) is 20.0. The summed E-state index contributed by atoms with van der Waals surface area (Å²) in [5.41, 5.74) is 5.52. The summed E-state index contributed by atoms with van der Waals surface area (Å²) in [5, 5.41) is 24.6. The van der Waals surface area contributed by atoms with Gasteiger partial charge < -0.3 is 39.1 Å². The SMILES string of the molecule is COC1CCN(S(=O)c2cc(C(=O)NCCOCCOCCOCCNC(=O)C[C@@H]3NC(c4ccc(Cl)cc4)c4c(sc(C)c4C)-n4c(C)nnc43)ccc2-c2ccn3ncc(CC(=O)OCOC(=O)C(C)(C)C)c3c2)CC1. The Morgan fingerprint density at radius 1 is 0.872 bits per heavy atom. The Hall–Kier alpha value is -5.95. The number of ether oxygens (including phenoxy) is 6. The number of piperidine rings is 1. The Morgan fingerprint density at radius 2 is 1.56 bits per heavy atom. The van der Waals surface area contributed by atoms with Gasteiger partial charge in [-0.05, 0) is 113 Å². The van der Waals surface area contributed by atoms with Crippen LogP contribution in [-0.4, -0.2) is 142 Å².